The molecule has 0 bridgehead atoms. The van der Waals surface area contributed by atoms with E-state index >= 15 is 0 Å². The van der Waals surface area contributed by atoms with E-state index in [9.17, 15) is 9.90 Å². The minimum Gasteiger partial charge on any atom is -0.483 e. The van der Waals surface area contributed by atoms with Crippen LogP contribution in [-0.2, 0) is 4.79 Å². The molecule has 2 N–H and O–H groups in total. The number of hydrogen-bond acceptors (Lipinski definition) is 3. The first kappa shape index (κ1) is 17.3. The maximum atomic E-state index is 11.3. The number of halogens is 1. The Morgan fingerprint density at radius 2 is 1.83 bits per heavy atom. The van der Waals surface area contributed by atoms with Crippen LogP contribution in [0, 0.1) is 6.92 Å². The summed E-state index contributed by atoms with van der Waals surface area (Å²) < 4.78 is 6.02. The van der Waals surface area contributed by atoms with Gasteiger partial charge >= 0.3 is 0 Å². The smallest absolute Gasteiger partial charge is 0.235 e. The van der Waals surface area contributed by atoms with Gasteiger partial charge in [0.05, 0.1) is 0 Å². The number of benzene rings is 2. The molecule has 0 radical (unpaired) electrons. The monoisotopic (exact) mass is 333 g/mol. The van der Waals surface area contributed by atoms with Gasteiger partial charge in [0.25, 0.3) is 0 Å². The Kier molecular flexibility index (Phi) is 6.44. The minimum atomic E-state index is -0.899. The summed E-state index contributed by atoms with van der Waals surface area (Å²) in [6.45, 7) is 2.01. The summed E-state index contributed by atoms with van der Waals surface area (Å²) in [7, 11) is 0. The van der Waals surface area contributed by atoms with Crippen molar-refractivity contribution in [2.24, 2.45) is 0 Å². The zero-order valence-electron chi connectivity index (χ0n) is 12.9. The lowest BCUT2D eigenvalue weighted by Crippen LogP contribution is -2.37. The third-order valence-corrected chi connectivity index (χ3v) is 3.70. The maximum absolute atomic E-state index is 11.3. The van der Waals surface area contributed by atoms with Gasteiger partial charge in [-0.2, -0.15) is 0 Å². The second-order valence-corrected chi connectivity index (χ2v) is 5.49. The molecule has 0 saturated heterocycles. The molecule has 0 saturated carbocycles. The average molecular weight is 334 g/mol. The largest absolute Gasteiger partial charge is 0.483 e. The first-order valence-electron chi connectivity index (χ1n) is 7.39. The number of aryl methyl sites for hydroxylation is 1. The predicted molar refractivity (Wildman–Crippen MR) is 90.7 cm³/mol. The zero-order valence-corrected chi connectivity index (χ0v) is 13.7. The molecular weight excluding hydrogens is 314 g/mol. The molecule has 0 aliphatic heterocycles. The highest BCUT2D eigenvalue weighted by molar-refractivity contribution is 6.27. The number of hydrogen-bond donors (Lipinski definition) is 2. The van der Waals surface area contributed by atoms with E-state index in [1.54, 1.807) is 0 Å². The van der Waals surface area contributed by atoms with E-state index in [2.05, 4.69) is 5.32 Å². The van der Waals surface area contributed by atoms with Crippen LogP contribution in [0.2, 0.25) is 0 Å². The van der Waals surface area contributed by atoms with Crippen LogP contribution >= 0.6 is 11.6 Å². The molecule has 2 aromatic carbocycles. The summed E-state index contributed by atoms with van der Waals surface area (Å²) in [5.41, 5.74) is 1.81. The van der Waals surface area contributed by atoms with Crippen molar-refractivity contribution in [3.05, 3.63) is 65.7 Å². The molecule has 122 valence electrons. The number of ether oxygens (including phenoxy) is 1. The Bertz CT molecular complexity index is 633. The molecule has 0 fully saturated rings. The van der Waals surface area contributed by atoms with Crippen LogP contribution in [-0.4, -0.2) is 29.5 Å². The minimum absolute atomic E-state index is 0.0665. The zero-order chi connectivity index (χ0) is 16.7. The number of rotatable bonds is 7. The van der Waals surface area contributed by atoms with Crippen molar-refractivity contribution in [2.75, 3.05) is 12.4 Å². The average Bonchev–Trinajstić information content (AvgIpc) is 2.59. The van der Waals surface area contributed by atoms with E-state index in [1.807, 2.05) is 61.5 Å². The Morgan fingerprint density at radius 1 is 1.17 bits per heavy atom. The second kappa shape index (κ2) is 8.56. The third-order valence-electron chi connectivity index (χ3n) is 3.45. The third kappa shape index (κ3) is 4.98. The molecule has 0 aliphatic carbocycles. The first-order valence-corrected chi connectivity index (χ1v) is 7.93. The van der Waals surface area contributed by atoms with Gasteiger partial charge in [-0.05, 0) is 24.1 Å². The second-order valence-electron chi connectivity index (χ2n) is 5.22. The van der Waals surface area contributed by atoms with E-state index in [0.29, 0.717) is 5.75 Å². The maximum Gasteiger partial charge on any atom is 0.235 e. The van der Waals surface area contributed by atoms with Crippen molar-refractivity contribution < 1.29 is 14.6 Å². The summed E-state index contributed by atoms with van der Waals surface area (Å²) in [4.78, 5) is 11.3. The molecule has 5 heteroatoms. The number of nitrogens with one attached hydrogen (secondary N) is 1. The molecule has 23 heavy (non-hydrogen) atoms. The molecule has 0 aliphatic rings. The highest BCUT2D eigenvalue weighted by atomic mass is 35.5. The van der Waals surface area contributed by atoms with Gasteiger partial charge in [-0.25, -0.2) is 0 Å². The van der Waals surface area contributed by atoms with E-state index in [1.165, 1.54) is 0 Å². The SMILES string of the molecule is Cc1ccccc1O[C@@H](c1ccccc1)[C@@H](O)CNC(=O)CCl. The quantitative estimate of drug-likeness (QED) is 0.766. The van der Waals surface area contributed by atoms with Gasteiger partial charge in [0.2, 0.25) is 5.91 Å². The summed E-state index contributed by atoms with van der Waals surface area (Å²) in [6.07, 6.45) is -1.49. The normalized spacial score (nSPS) is 13.2. The summed E-state index contributed by atoms with van der Waals surface area (Å²) in [5, 5.41) is 13.1. The molecule has 0 unspecified atom stereocenters. The summed E-state index contributed by atoms with van der Waals surface area (Å²) in [6, 6.07) is 17.0. The number of alkyl halides is 1. The van der Waals surface area contributed by atoms with Crippen molar-refractivity contribution in [1.29, 1.82) is 0 Å². The molecular formula is C18H20ClNO3. The topological polar surface area (TPSA) is 58.6 Å². The van der Waals surface area contributed by atoms with Crippen molar-refractivity contribution in [1.82, 2.24) is 5.32 Å². The van der Waals surface area contributed by atoms with E-state index in [-0.39, 0.29) is 18.3 Å². The van der Waals surface area contributed by atoms with E-state index in [0.717, 1.165) is 11.1 Å². The Balaban J connectivity index is 2.18. The van der Waals surface area contributed by atoms with E-state index in [4.69, 9.17) is 16.3 Å². The number of carbonyl (C=O) groups excluding carboxylic acids is 1. The highest BCUT2D eigenvalue weighted by Gasteiger charge is 2.24. The fourth-order valence-electron chi connectivity index (χ4n) is 2.21. The van der Waals surface area contributed by atoms with Crippen molar-refractivity contribution in [3.8, 4) is 5.75 Å². The molecule has 0 heterocycles. The highest BCUT2D eigenvalue weighted by Crippen LogP contribution is 2.27. The van der Waals surface area contributed by atoms with Crippen LogP contribution in [0.4, 0.5) is 0 Å². The van der Waals surface area contributed by atoms with Crippen LogP contribution in [0.25, 0.3) is 0 Å². The number of amides is 1. The van der Waals surface area contributed by atoms with Gasteiger partial charge in [0, 0.05) is 6.54 Å². The van der Waals surface area contributed by atoms with Crippen molar-refractivity contribution in [3.63, 3.8) is 0 Å². The van der Waals surface area contributed by atoms with Gasteiger partial charge < -0.3 is 15.2 Å². The fraction of sp³-hybridized carbons (Fsp3) is 0.278. The standard InChI is InChI=1S/C18H20ClNO3/c1-13-7-5-6-10-16(13)23-18(14-8-3-2-4-9-14)15(21)12-20-17(22)11-19/h2-10,15,18,21H,11-12H2,1H3,(H,20,22)/t15-,18-/m0/s1. The lowest BCUT2D eigenvalue weighted by Gasteiger charge is -2.25. The Labute approximate surface area is 141 Å². The molecule has 4 nitrogen and oxygen atoms in total. The van der Waals surface area contributed by atoms with Crippen LogP contribution in [0.15, 0.2) is 54.6 Å². The van der Waals surface area contributed by atoms with Gasteiger partial charge in [-0.15, -0.1) is 11.6 Å². The van der Waals surface area contributed by atoms with Crippen LogP contribution in [0.5, 0.6) is 5.75 Å². The van der Waals surface area contributed by atoms with Crippen molar-refractivity contribution >= 4 is 17.5 Å². The molecule has 2 rings (SSSR count). The van der Waals surface area contributed by atoms with E-state index < -0.39 is 12.2 Å². The number of carbonyl (C=O) groups is 1. The Morgan fingerprint density at radius 3 is 2.48 bits per heavy atom. The molecule has 2 atom stereocenters. The molecule has 2 aromatic rings. The molecule has 0 aromatic heterocycles. The van der Waals surface area contributed by atoms with Crippen LogP contribution in [0.3, 0.4) is 0 Å². The Hall–Kier alpha value is -2.04. The van der Waals surface area contributed by atoms with Gasteiger partial charge in [-0.3, -0.25) is 4.79 Å². The molecule has 1 amide bonds. The predicted octanol–water partition coefficient (Wildman–Crippen LogP) is 2.83. The number of para-hydroxylation sites is 1. The van der Waals surface area contributed by atoms with Crippen molar-refractivity contribution in [2.45, 2.75) is 19.1 Å². The van der Waals surface area contributed by atoms with Crippen LogP contribution in [0.1, 0.15) is 17.2 Å². The molecule has 0 spiro atoms. The van der Waals surface area contributed by atoms with Gasteiger partial charge in [-0.1, -0.05) is 48.5 Å². The van der Waals surface area contributed by atoms with Gasteiger partial charge in [0.1, 0.15) is 17.7 Å². The summed E-state index contributed by atoms with van der Waals surface area (Å²) >= 11 is 5.46. The fourth-order valence-corrected chi connectivity index (χ4v) is 2.30. The summed E-state index contributed by atoms with van der Waals surface area (Å²) in [5.74, 6) is 0.235. The first-order chi connectivity index (χ1) is 11.1. The lowest BCUT2D eigenvalue weighted by molar-refractivity contribution is -0.119. The lowest BCUT2D eigenvalue weighted by atomic mass is 10.0. The number of aliphatic hydroxyl groups excluding tert-OH is 1. The van der Waals surface area contributed by atoms with Crippen LogP contribution < -0.4 is 10.1 Å². The van der Waals surface area contributed by atoms with Gasteiger partial charge in [0.15, 0.2) is 6.10 Å². The number of aliphatic hydroxyl groups is 1.